The summed E-state index contributed by atoms with van der Waals surface area (Å²) in [5.41, 5.74) is -0.398. The Morgan fingerprint density at radius 1 is 0.889 bits per heavy atom. The summed E-state index contributed by atoms with van der Waals surface area (Å²) in [6.45, 7) is 10.4. The van der Waals surface area contributed by atoms with E-state index in [1.807, 2.05) is 6.92 Å². The van der Waals surface area contributed by atoms with Crippen LogP contribution in [-0.4, -0.2) is 121 Å². The molecular weight excluding hydrogens is 584 g/mol. The zero-order valence-corrected chi connectivity index (χ0v) is 27.3. The predicted molar refractivity (Wildman–Crippen MR) is 161 cm³/mol. The molecule has 0 aromatic heterocycles. The van der Waals surface area contributed by atoms with E-state index in [0.29, 0.717) is 24.7 Å². The second kappa shape index (κ2) is 12.0. The molecule has 0 radical (unpaired) electrons. The van der Waals surface area contributed by atoms with Gasteiger partial charge in [0.25, 0.3) is 0 Å². The first-order chi connectivity index (χ1) is 21.1. The van der Waals surface area contributed by atoms with Gasteiger partial charge in [0, 0.05) is 18.4 Å². The lowest BCUT2D eigenvalue weighted by Crippen LogP contribution is -2.70. The molecule has 11 heteroatoms. The molecule has 8 N–H and O–H groups in total. The van der Waals surface area contributed by atoms with E-state index in [-0.39, 0.29) is 48.4 Å². The molecule has 6 aliphatic rings. The van der Waals surface area contributed by atoms with Crippen LogP contribution in [0.4, 0.5) is 0 Å². The number of allylic oxidation sites excluding steroid dienone is 1. The quantitative estimate of drug-likeness (QED) is 0.105. The molecule has 3 saturated carbocycles. The average Bonchev–Trinajstić information content (AvgIpc) is 3.75. The fourth-order valence-electron chi connectivity index (χ4n) is 10.6. The summed E-state index contributed by atoms with van der Waals surface area (Å²) in [4.78, 5) is 0. The summed E-state index contributed by atoms with van der Waals surface area (Å²) < 4.78 is 17.8. The standard InChI is InChI=1S/C34H56O11/c1-15(13-35)16(2)28-29(45-28)17(3)19-6-7-20-23-21(9-10-32(19,20)4)33(5)11-8-18(12-34(33,42)30(41)25(23)38)43-31-27(40)26(39)24(37)22(14-36)44-31/h15-19,21-22,24-31,35-42H,6-14H2,1-5H3/t15?,16-,17+,18+,19-,21?,22-,24-,25+,26+,27-,28?,29?,30+,31+,32-,33-,34+/m1/s1. The normalized spacial score (nSPS) is 53.3. The Morgan fingerprint density at radius 3 is 2.27 bits per heavy atom. The first-order valence-electron chi connectivity index (χ1n) is 17.2. The molecule has 6 rings (SSSR count). The van der Waals surface area contributed by atoms with Crippen LogP contribution in [-0.2, 0) is 14.2 Å². The zero-order valence-electron chi connectivity index (χ0n) is 27.3. The maximum absolute atomic E-state index is 12.3. The maximum atomic E-state index is 12.3. The smallest absolute Gasteiger partial charge is 0.186 e. The molecule has 2 heterocycles. The third-order valence-electron chi connectivity index (χ3n) is 13.9. The largest absolute Gasteiger partial charge is 0.396 e. The molecule has 45 heavy (non-hydrogen) atoms. The van der Waals surface area contributed by atoms with Crippen LogP contribution < -0.4 is 0 Å². The number of ether oxygens (including phenoxy) is 3. The van der Waals surface area contributed by atoms with Gasteiger partial charge in [0.15, 0.2) is 6.29 Å². The monoisotopic (exact) mass is 640 g/mol. The molecule has 0 spiro atoms. The Balaban J connectivity index is 1.21. The van der Waals surface area contributed by atoms with Gasteiger partial charge in [-0.25, -0.2) is 0 Å². The second-order valence-corrected chi connectivity index (χ2v) is 16.0. The lowest BCUT2D eigenvalue weighted by molar-refractivity contribution is -0.326. The van der Waals surface area contributed by atoms with Crippen molar-refractivity contribution in [1.82, 2.24) is 0 Å². The zero-order chi connectivity index (χ0) is 32.8. The SMILES string of the molecule is CC(CO)[C@@H](C)C1OC1[C@@H](C)[C@H]1CCC2=C3C(CC[C@@]21C)[C@@]1(C)CC[C@H](O[C@H]2O[C@H](CO)[C@@H](O)[C@H](O)[C@H]2O)C[C@]1(O)[C@@H](O)[C@H]3O. The number of aliphatic hydroxyl groups excluding tert-OH is 7. The molecule has 4 aliphatic carbocycles. The summed E-state index contributed by atoms with van der Waals surface area (Å²) in [6.07, 6.45) is -5.57. The third kappa shape index (κ3) is 5.10. The lowest BCUT2D eigenvalue weighted by Gasteiger charge is -2.63. The number of aliphatic hydroxyl groups is 8. The molecule has 11 nitrogen and oxygen atoms in total. The molecule has 0 amide bonds. The average molecular weight is 641 g/mol. The van der Waals surface area contributed by atoms with Crippen LogP contribution in [0, 0.1) is 40.4 Å². The Kier molecular flexibility index (Phi) is 9.12. The Morgan fingerprint density at radius 2 is 1.60 bits per heavy atom. The third-order valence-corrected chi connectivity index (χ3v) is 13.9. The van der Waals surface area contributed by atoms with Crippen molar-refractivity contribution in [1.29, 1.82) is 0 Å². The van der Waals surface area contributed by atoms with E-state index >= 15 is 0 Å². The van der Waals surface area contributed by atoms with Gasteiger partial charge in [-0.15, -0.1) is 0 Å². The highest BCUT2D eigenvalue weighted by molar-refractivity contribution is 5.40. The van der Waals surface area contributed by atoms with Gasteiger partial charge < -0.3 is 55.1 Å². The number of fused-ring (bicyclic) bond motifs is 4. The summed E-state index contributed by atoms with van der Waals surface area (Å²) >= 11 is 0. The van der Waals surface area contributed by atoms with Crippen molar-refractivity contribution in [3.05, 3.63) is 11.1 Å². The number of rotatable bonds is 8. The molecule has 0 aromatic carbocycles. The van der Waals surface area contributed by atoms with Gasteiger partial charge >= 0.3 is 0 Å². The van der Waals surface area contributed by atoms with E-state index in [1.54, 1.807) is 0 Å². The van der Waals surface area contributed by atoms with Gasteiger partial charge in [-0.3, -0.25) is 0 Å². The minimum atomic E-state index is -1.67. The second-order valence-electron chi connectivity index (χ2n) is 16.0. The highest BCUT2D eigenvalue weighted by Crippen LogP contribution is 2.67. The number of epoxide rings is 1. The molecule has 2 aliphatic heterocycles. The molecule has 0 bridgehead atoms. The van der Waals surface area contributed by atoms with Crippen LogP contribution in [0.25, 0.3) is 0 Å². The van der Waals surface area contributed by atoms with Crippen LogP contribution in [0.5, 0.6) is 0 Å². The van der Waals surface area contributed by atoms with Crippen molar-refractivity contribution < 1.29 is 55.1 Å². The van der Waals surface area contributed by atoms with Crippen LogP contribution in [0.2, 0.25) is 0 Å². The van der Waals surface area contributed by atoms with E-state index in [9.17, 15) is 40.9 Å². The van der Waals surface area contributed by atoms with Crippen molar-refractivity contribution in [2.45, 2.75) is 146 Å². The highest BCUT2D eigenvalue weighted by atomic mass is 16.7. The van der Waals surface area contributed by atoms with Gasteiger partial charge in [-0.1, -0.05) is 40.2 Å². The topological polar surface area (TPSA) is 193 Å². The van der Waals surface area contributed by atoms with Crippen molar-refractivity contribution in [2.75, 3.05) is 13.2 Å². The fraction of sp³-hybridized carbons (Fsp3) is 0.941. The van der Waals surface area contributed by atoms with Gasteiger partial charge in [-0.05, 0) is 79.1 Å². The Labute approximate surface area is 266 Å². The van der Waals surface area contributed by atoms with Crippen molar-refractivity contribution in [3.8, 4) is 0 Å². The Hall–Kier alpha value is -0.700. The van der Waals surface area contributed by atoms with Crippen LogP contribution in [0.15, 0.2) is 11.1 Å². The molecule has 258 valence electrons. The van der Waals surface area contributed by atoms with Crippen molar-refractivity contribution >= 4 is 0 Å². The molecular formula is C34H56O11. The Bertz CT molecular complexity index is 1130. The first-order valence-corrected chi connectivity index (χ1v) is 17.2. The van der Waals surface area contributed by atoms with E-state index in [0.717, 1.165) is 31.3 Å². The molecule has 4 unspecified atom stereocenters. The van der Waals surface area contributed by atoms with E-state index in [4.69, 9.17) is 14.2 Å². The predicted octanol–water partition coefficient (Wildman–Crippen LogP) is 0.619. The molecule has 5 fully saturated rings. The van der Waals surface area contributed by atoms with E-state index < -0.39 is 66.6 Å². The molecule has 18 atom stereocenters. The summed E-state index contributed by atoms with van der Waals surface area (Å²) in [5.74, 6) is 1.03. The van der Waals surface area contributed by atoms with Gasteiger partial charge in [0.2, 0.25) is 0 Å². The molecule has 0 aromatic rings. The van der Waals surface area contributed by atoms with Crippen molar-refractivity contribution in [3.63, 3.8) is 0 Å². The van der Waals surface area contributed by atoms with Gasteiger partial charge in [0.1, 0.15) is 42.2 Å². The van der Waals surface area contributed by atoms with Crippen LogP contribution in [0.1, 0.15) is 79.6 Å². The first kappa shape index (κ1) is 34.2. The molecule has 2 saturated heterocycles. The summed E-state index contributed by atoms with van der Waals surface area (Å²) in [7, 11) is 0. The number of hydrogen-bond donors (Lipinski definition) is 8. The lowest BCUT2D eigenvalue weighted by atomic mass is 9.45. The van der Waals surface area contributed by atoms with Gasteiger partial charge in [0.05, 0.1) is 24.9 Å². The fourth-order valence-corrected chi connectivity index (χ4v) is 10.6. The van der Waals surface area contributed by atoms with E-state index in [1.165, 1.54) is 5.57 Å². The van der Waals surface area contributed by atoms with Crippen LogP contribution in [0.3, 0.4) is 0 Å². The minimum Gasteiger partial charge on any atom is -0.396 e. The maximum Gasteiger partial charge on any atom is 0.186 e. The van der Waals surface area contributed by atoms with Crippen molar-refractivity contribution in [2.24, 2.45) is 40.4 Å². The van der Waals surface area contributed by atoms with E-state index in [2.05, 4.69) is 27.7 Å². The van der Waals surface area contributed by atoms with Crippen LogP contribution >= 0.6 is 0 Å². The summed E-state index contributed by atoms with van der Waals surface area (Å²) in [5, 5.41) is 85.8. The highest BCUT2D eigenvalue weighted by Gasteiger charge is 2.68. The van der Waals surface area contributed by atoms with Gasteiger partial charge in [-0.2, -0.15) is 0 Å². The summed E-state index contributed by atoms with van der Waals surface area (Å²) in [6, 6.07) is 0. The number of hydrogen-bond acceptors (Lipinski definition) is 11. The minimum absolute atomic E-state index is 0.00234.